The number of aromatic amines is 1. The molecule has 132 valence electrons. The molecule has 11 heteroatoms. The van der Waals surface area contributed by atoms with Gasteiger partial charge >= 0.3 is 5.69 Å². The molecule has 0 saturated heterocycles. The first-order valence-corrected chi connectivity index (χ1v) is 7.72. The van der Waals surface area contributed by atoms with Crippen LogP contribution in [0, 0.1) is 31.4 Å². The Morgan fingerprint density at radius 2 is 1.92 bits per heavy atom. The predicted octanol–water partition coefficient (Wildman–Crippen LogP) is 1.86. The summed E-state index contributed by atoms with van der Waals surface area (Å²) in [5.41, 5.74) is -3.61. The average molecular weight is 466 g/mol. The molecule has 1 heterocycles. The fourth-order valence-corrected chi connectivity index (χ4v) is 2.98. The number of fused-ring (bicyclic) bond motifs is 1. The highest BCUT2D eigenvalue weighted by molar-refractivity contribution is 14.1. The van der Waals surface area contributed by atoms with Crippen molar-refractivity contribution >= 4 is 39.3 Å². The lowest BCUT2D eigenvalue weighted by atomic mass is 10.2. The van der Waals surface area contributed by atoms with Crippen molar-refractivity contribution in [3.05, 3.63) is 60.1 Å². The SMILES string of the molecule is COc1c([NH+]([O-])[O-])c(F)c(F)c2c1[nH]c(=O)n2-c1ccc(I)cc1F. The van der Waals surface area contributed by atoms with E-state index in [2.05, 4.69) is 4.98 Å². The van der Waals surface area contributed by atoms with Gasteiger partial charge in [0.05, 0.1) is 12.8 Å². The fraction of sp³-hybridized carbons (Fsp3) is 0.0714. The molecule has 2 N–H and O–H groups in total. The van der Waals surface area contributed by atoms with Gasteiger partial charge in [0.15, 0.2) is 5.82 Å². The van der Waals surface area contributed by atoms with Crippen molar-refractivity contribution in [3.63, 3.8) is 0 Å². The molecule has 0 fully saturated rings. The van der Waals surface area contributed by atoms with Gasteiger partial charge in [-0.3, -0.25) is 4.57 Å². The van der Waals surface area contributed by atoms with Crippen LogP contribution in [0.5, 0.6) is 5.75 Å². The second-order valence-electron chi connectivity index (χ2n) is 4.91. The molecule has 0 atom stereocenters. The number of quaternary nitrogens is 1. The van der Waals surface area contributed by atoms with Gasteiger partial charge < -0.3 is 25.4 Å². The minimum absolute atomic E-state index is 0.335. The largest absolute Gasteiger partial charge is 0.627 e. The number of nitrogens with one attached hydrogen (secondary N) is 2. The number of H-pyrrole nitrogens is 1. The van der Waals surface area contributed by atoms with Crippen LogP contribution < -0.4 is 15.7 Å². The number of imidazole rings is 1. The van der Waals surface area contributed by atoms with Crippen molar-refractivity contribution < 1.29 is 23.1 Å². The van der Waals surface area contributed by atoms with Crippen molar-refractivity contribution in [1.82, 2.24) is 9.55 Å². The van der Waals surface area contributed by atoms with Crippen LogP contribution in [-0.4, -0.2) is 16.7 Å². The van der Waals surface area contributed by atoms with E-state index in [1.54, 1.807) is 0 Å². The number of methoxy groups -OCH3 is 1. The first-order valence-electron chi connectivity index (χ1n) is 6.64. The zero-order valence-electron chi connectivity index (χ0n) is 12.3. The summed E-state index contributed by atoms with van der Waals surface area (Å²) in [6, 6.07) is 3.77. The Bertz CT molecular complexity index is 1050. The summed E-state index contributed by atoms with van der Waals surface area (Å²) in [5, 5.41) is 20.2. The van der Waals surface area contributed by atoms with Gasteiger partial charge in [-0.25, -0.2) is 13.6 Å². The van der Waals surface area contributed by atoms with Crippen LogP contribution in [0.25, 0.3) is 16.7 Å². The topological polar surface area (TPSA) is 97.6 Å². The van der Waals surface area contributed by atoms with E-state index in [4.69, 9.17) is 4.74 Å². The van der Waals surface area contributed by atoms with Gasteiger partial charge in [0, 0.05) is 3.57 Å². The van der Waals surface area contributed by atoms with Crippen molar-refractivity contribution in [2.24, 2.45) is 0 Å². The number of rotatable bonds is 3. The number of hydrogen-bond donors (Lipinski definition) is 2. The molecule has 0 aliphatic heterocycles. The molecule has 0 amide bonds. The number of ether oxygens (including phenoxy) is 1. The second-order valence-corrected chi connectivity index (χ2v) is 6.15. The van der Waals surface area contributed by atoms with Crippen molar-refractivity contribution in [2.75, 3.05) is 7.11 Å². The molecular formula is C14H8F3IN3O4-. The van der Waals surface area contributed by atoms with E-state index in [0.29, 0.717) is 8.14 Å². The number of benzene rings is 2. The van der Waals surface area contributed by atoms with Gasteiger partial charge in [0.25, 0.3) is 0 Å². The molecule has 0 saturated carbocycles. The lowest BCUT2D eigenvalue weighted by molar-refractivity contribution is -0.717. The number of aromatic nitrogens is 2. The molecule has 2 aromatic carbocycles. The molecule has 3 rings (SSSR count). The summed E-state index contributed by atoms with van der Waals surface area (Å²) in [4.78, 5) is 14.4. The first-order chi connectivity index (χ1) is 11.8. The minimum atomic E-state index is -2.02. The van der Waals surface area contributed by atoms with Crippen molar-refractivity contribution in [1.29, 1.82) is 0 Å². The van der Waals surface area contributed by atoms with E-state index < -0.39 is 50.8 Å². The van der Waals surface area contributed by atoms with Crippen LogP contribution in [0.2, 0.25) is 0 Å². The maximum Gasteiger partial charge on any atom is 0.331 e. The Hall–Kier alpha value is -2.09. The minimum Gasteiger partial charge on any atom is -0.627 e. The van der Waals surface area contributed by atoms with Crippen LogP contribution in [0.3, 0.4) is 0 Å². The maximum atomic E-state index is 14.5. The molecule has 25 heavy (non-hydrogen) atoms. The fourth-order valence-electron chi connectivity index (χ4n) is 2.52. The van der Waals surface area contributed by atoms with Gasteiger partial charge in [-0.05, 0) is 40.8 Å². The highest BCUT2D eigenvalue weighted by Crippen LogP contribution is 2.36. The predicted molar refractivity (Wildman–Crippen MR) is 90.4 cm³/mol. The van der Waals surface area contributed by atoms with E-state index in [1.807, 2.05) is 22.6 Å². The summed E-state index contributed by atoms with van der Waals surface area (Å²) >= 11 is 1.84. The van der Waals surface area contributed by atoms with Gasteiger partial charge in [-0.1, -0.05) is 0 Å². The molecule has 7 nitrogen and oxygen atoms in total. The van der Waals surface area contributed by atoms with Crippen LogP contribution in [0.15, 0.2) is 23.0 Å². The zero-order valence-corrected chi connectivity index (χ0v) is 14.5. The zero-order chi connectivity index (χ0) is 18.5. The van der Waals surface area contributed by atoms with Crippen molar-refractivity contribution in [3.8, 4) is 11.4 Å². The second kappa shape index (κ2) is 6.33. The van der Waals surface area contributed by atoms with E-state index in [9.17, 15) is 28.4 Å². The molecular weight excluding hydrogens is 458 g/mol. The first kappa shape index (κ1) is 17.7. The summed E-state index contributed by atoms with van der Waals surface area (Å²) in [6.45, 7) is 0. The molecule has 0 unspecified atom stereocenters. The third kappa shape index (κ3) is 2.68. The van der Waals surface area contributed by atoms with Gasteiger partial charge in [-0.2, -0.15) is 4.39 Å². The Labute approximate surface area is 150 Å². The highest BCUT2D eigenvalue weighted by Gasteiger charge is 2.29. The monoisotopic (exact) mass is 466 g/mol. The summed E-state index contributed by atoms with van der Waals surface area (Å²) < 4.78 is 48.8. The van der Waals surface area contributed by atoms with Crippen LogP contribution in [0.4, 0.5) is 18.9 Å². The number of nitrogens with zero attached hydrogens (tertiary/aromatic N) is 1. The average Bonchev–Trinajstić information content (AvgIpc) is 2.87. The van der Waals surface area contributed by atoms with E-state index in [-0.39, 0.29) is 5.69 Å². The Morgan fingerprint density at radius 1 is 1.24 bits per heavy atom. The third-order valence-electron chi connectivity index (χ3n) is 3.53. The van der Waals surface area contributed by atoms with Crippen LogP contribution in [0.1, 0.15) is 0 Å². The summed E-state index contributed by atoms with van der Waals surface area (Å²) in [7, 11) is 1.01. The smallest absolute Gasteiger partial charge is 0.331 e. The van der Waals surface area contributed by atoms with Crippen LogP contribution in [-0.2, 0) is 0 Å². The van der Waals surface area contributed by atoms with Crippen LogP contribution >= 0.6 is 22.6 Å². The number of halogens is 4. The standard InChI is InChI=1S/C14H8F3IN3O4/c1-25-13-10-11(8(16)9(17)12(13)21(23)24)20(14(22)19-10)7-3-2-5(18)4-6(7)15/h2-4,21H,1H3,(H,19,22)/q-1. The molecule has 1 aromatic heterocycles. The van der Waals surface area contributed by atoms with E-state index >= 15 is 0 Å². The normalized spacial score (nSPS) is 11.5. The molecule has 0 radical (unpaired) electrons. The van der Waals surface area contributed by atoms with E-state index in [0.717, 1.165) is 13.2 Å². The number of hydrogen-bond acceptors (Lipinski definition) is 4. The Kier molecular flexibility index (Phi) is 4.49. The van der Waals surface area contributed by atoms with Gasteiger partial charge in [0.2, 0.25) is 17.3 Å². The molecule has 0 aliphatic rings. The quantitative estimate of drug-likeness (QED) is 0.455. The lowest BCUT2D eigenvalue weighted by Gasteiger charge is -2.26. The molecule has 0 spiro atoms. The molecule has 0 bridgehead atoms. The van der Waals surface area contributed by atoms with Gasteiger partial charge in [-0.15, -0.1) is 0 Å². The Morgan fingerprint density at radius 3 is 2.48 bits per heavy atom. The molecule has 3 aromatic rings. The maximum absolute atomic E-state index is 14.5. The lowest BCUT2D eigenvalue weighted by Crippen LogP contribution is -2.96. The van der Waals surface area contributed by atoms with Gasteiger partial charge in [0.1, 0.15) is 16.9 Å². The Balaban J connectivity index is 2.50. The summed E-state index contributed by atoms with van der Waals surface area (Å²) in [5.74, 6) is -4.90. The third-order valence-corrected chi connectivity index (χ3v) is 4.20. The van der Waals surface area contributed by atoms with E-state index in [1.165, 1.54) is 12.1 Å². The van der Waals surface area contributed by atoms with Crippen molar-refractivity contribution in [2.45, 2.75) is 0 Å². The molecule has 0 aliphatic carbocycles. The highest BCUT2D eigenvalue weighted by atomic mass is 127. The summed E-state index contributed by atoms with van der Waals surface area (Å²) in [6.07, 6.45) is 0.